The third-order valence-electron chi connectivity index (χ3n) is 3.09. The van der Waals surface area contributed by atoms with E-state index in [1.54, 1.807) is 13.3 Å². The summed E-state index contributed by atoms with van der Waals surface area (Å²) in [4.78, 5) is 4.16. The van der Waals surface area contributed by atoms with E-state index in [4.69, 9.17) is 21.1 Å². The Morgan fingerprint density at radius 3 is 2.50 bits per heavy atom. The Balaban J connectivity index is 2.19. The van der Waals surface area contributed by atoms with Gasteiger partial charge in [0.2, 0.25) is 5.88 Å². The highest BCUT2D eigenvalue weighted by atomic mass is 35.5. The SMILES string of the molecule is COc1ncccc1COc1c(C)cc(CCl)cc1C. The molecule has 4 heteroatoms. The smallest absolute Gasteiger partial charge is 0.219 e. The van der Waals surface area contributed by atoms with Gasteiger partial charge >= 0.3 is 0 Å². The molecule has 0 aliphatic heterocycles. The minimum Gasteiger partial charge on any atom is -0.488 e. The number of rotatable bonds is 5. The van der Waals surface area contributed by atoms with Gasteiger partial charge in [-0.2, -0.15) is 0 Å². The summed E-state index contributed by atoms with van der Waals surface area (Å²) in [5.74, 6) is 2.00. The molecule has 0 atom stereocenters. The van der Waals surface area contributed by atoms with E-state index in [1.807, 2.05) is 26.0 Å². The van der Waals surface area contributed by atoms with Gasteiger partial charge in [0.05, 0.1) is 12.7 Å². The summed E-state index contributed by atoms with van der Waals surface area (Å²) in [6.07, 6.45) is 1.70. The maximum atomic E-state index is 5.93. The van der Waals surface area contributed by atoms with Crippen LogP contribution >= 0.6 is 11.6 Å². The lowest BCUT2D eigenvalue weighted by molar-refractivity contribution is 0.290. The van der Waals surface area contributed by atoms with Crippen LogP contribution in [0.15, 0.2) is 30.5 Å². The van der Waals surface area contributed by atoms with Gasteiger partial charge in [-0.1, -0.05) is 12.1 Å². The van der Waals surface area contributed by atoms with Crippen LogP contribution in [0.3, 0.4) is 0 Å². The van der Waals surface area contributed by atoms with Crippen LogP contribution in [-0.2, 0) is 12.5 Å². The standard InChI is InChI=1S/C16H18ClNO2/c1-11-7-13(9-17)8-12(2)15(11)20-10-14-5-4-6-18-16(14)19-3/h4-8H,9-10H2,1-3H3. The number of aryl methyl sites for hydroxylation is 2. The molecule has 0 aliphatic carbocycles. The average molecular weight is 292 g/mol. The van der Waals surface area contributed by atoms with Crippen LogP contribution in [0.2, 0.25) is 0 Å². The molecule has 0 aliphatic rings. The van der Waals surface area contributed by atoms with Crippen LogP contribution in [0.5, 0.6) is 11.6 Å². The first-order chi connectivity index (χ1) is 9.65. The second-order valence-corrected chi connectivity index (χ2v) is 4.92. The number of halogens is 1. The van der Waals surface area contributed by atoms with Gasteiger partial charge in [-0.15, -0.1) is 11.6 Å². The summed E-state index contributed by atoms with van der Waals surface area (Å²) in [5.41, 5.74) is 4.20. The van der Waals surface area contributed by atoms with Crippen molar-refractivity contribution < 1.29 is 9.47 Å². The monoisotopic (exact) mass is 291 g/mol. The van der Waals surface area contributed by atoms with Crippen LogP contribution < -0.4 is 9.47 Å². The first-order valence-corrected chi connectivity index (χ1v) is 6.96. The van der Waals surface area contributed by atoms with Crippen molar-refractivity contribution in [2.24, 2.45) is 0 Å². The number of hydrogen-bond donors (Lipinski definition) is 0. The summed E-state index contributed by atoms with van der Waals surface area (Å²) < 4.78 is 11.2. The predicted octanol–water partition coefficient (Wildman–Crippen LogP) is 4.02. The molecule has 0 radical (unpaired) electrons. The normalized spacial score (nSPS) is 10.4. The summed E-state index contributed by atoms with van der Waals surface area (Å²) in [6, 6.07) is 7.92. The average Bonchev–Trinajstić information content (AvgIpc) is 2.46. The zero-order valence-electron chi connectivity index (χ0n) is 11.9. The van der Waals surface area contributed by atoms with E-state index in [1.165, 1.54) is 0 Å². The molecule has 1 heterocycles. The van der Waals surface area contributed by atoms with E-state index < -0.39 is 0 Å². The maximum Gasteiger partial charge on any atom is 0.219 e. The zero-order chi connectivity index (χ0) is 14.5. The Bertz CT molecular complexity index is 576. The van der Waals surface area contributed by atoms with Gasteiger partial charge in [-0.25, -0.2) is 4.98 Å². The van der Waals surface area contributed by atoms with E-state index in [0.717, 1.165) is 28.0 Å². The molecule has 2 aromatic rings. The van der Waals surface area contributed by atoms with Crippen molar-refractivity contribution in [3.63, 3.8) is 0 Å². The molecule has 0 unspecified atom stereocenters. The van der Waals surface area contributed by atoms with E-state index in [0.29, 0.717) is 18.4 Å². The number of pyridine rings is 1. The molecule has 0 N–H and O–H groups in total. The van der Waals surface area contributed by atoms with Gasteiger partial charge in [0, 0.05) is 12.1 Å². The highest BCUT2D eigenvalue weighted by Gasteiger charge is 2.09. The summed E-state index contributed by atoms with van der Waals surface area (Å²) in [5, 5.41) is 0. The minimum absolute atomic E-state index is 0.429. The molecular formula is C16H18ClNO2. The number of alkyl halides is 1. The van der Waals surface area contributed by atoms with Gasteiger partial charge in [-0.3, -0.25) is 0 Å². The molecule has 1 aromatic carbocycles. The largest absolute Gasteiger partial charge is 0.488 e. The van der Waals surface area contributed by atoms with Crippen LogP contribution in [-0.4, -0.2) is 12.1 Å². The third kappa shape index (κ3) is 3.23. The number of nitrogens with zero attached hydrogens (tertiary/aromatic N) is 1. The van der Waals surface area contributed by atoms with Crippen molar-refractivity contribution in [1.82, 2.24) is 4.98 Å². The Morgan fingerprint density at radius 1 is 1.20 bits per heavy atom. The van der Waals surface area contributed by atoms with Crippen molar-refractivity contribution in [2.45, 2.75) is 26.3 Å². The van der Waals surface area contributed by atoms with E-state index in [2.05, 4.69) is 17.1 Å². The van der Waals surface area contributed by atoms with Crippen LogP contribution in [0.1, 0.15) is 22.3 Å². The van der Waals surface area contributed by atoms with Crippen LogP contribution in [0.4, 0.5) is 0 Å². The quantitative estimate of drug-likeness (QED) is 0.780. The Labute approximate surface area is 124 Å². The van der Waals surface area contributed by atoms with Gasteiger partial charge in [0.1, 0.15) is 12.4 Å². The fraction of sp³-hybridized carbons (Fsp3) is 0.312. The number of benzene rings is 1. The van der Waals surface area contributed by atoms with Crippen LogP contribution in [0, 0.1) is 13.8 Å². The molecule has 3 nitrogen and oxygen atoms in total. The second-order valence-electron chi connectivity index (χ2n) is 4.65. The molecule has 0 bridgehead atoms. The van der Waals surface area contributed by atoms with Crippen molar-refractivity contribution in [1.29, 1.82) is 0 Å². The number of aromatic nitrogens is 1. The molecular weight excluding hydrogens is 274 g/mol. The fourth-order valence-electron chi connectivity index (χ4n) is 2.21. The Kier molecular flexibility index (Phi) is 4.85. The molecule has 0 spiro atoms. The number of hydrogen-bond acceptors (Lipinski definition) is 3. The molecule has 1 aromatic heterocycles. The lowest BCUT2D eigenvalue weighted by atomic mass is 10.1. The summed E-state index contributed by atoms with van der Waals surface area (Å²) in [6.45, 7) is 4.48. The third-order valence-corrected chi connectivity index (χ3v) is 3.40. The molecule has 20 heavy (non-hydrogen) atoms. The van der Waals surface area contributed by atoms with Gasteiger partial charge < -0.3 is 9.47 Å². The Hall–Kier alpha value is -1.74. The predicted molar refractivity (Wildman–Crippen MR) is 80.6 cm³/mol. The molecule has 0 saturated heterocycles. The summed E-state index contributed by atoms with van der Waals surface area (Å²) in [7, 11) is 1.61. The lowest BCUT2D eigenvalue weighted by Crippen LogP contribution is -2.02. The first kappa shape index (κ1) is 14.7. The number of ether oxygens (including phenoxy) is 2. The highest BCUT2D eigenvalue weighted by Crippen LogP contribution is 2.27. The van der Waals surface area contributed by atoms with Crippen molar-refractivity contribution in [2.75, 3.05) is 7.11 Å². The topological polar surface area (TPSA) is 31.4 Å². The Morgan fingerprint density at radius 2 is 1.90 bits per heavy atom. The van der Waals surface area contributed by atoms with Gasteiger partial charge in [0.15, 0.2) is 0 Å². The molecule has 0 saturated carbocycles. The maximum absolute atomic E-state index is 5.93. The fourth-order valence-corrected chi connectivity index (χ4v) is 2.37. The lowest BCUT2D eigenvalue weighted by Gasteiger charge is -2.14. The van der Waals surface area contributed by atoms with Gasteiger partial charge in [0.25, 0.3) is 0 Å². The molecule has 2 rings (SSSR count). The first-order valence-electron chi connectivity index (χ1n) is 6.42. The summed E-state index contributed by atoms with van der Waals surface area (Å²) >= 11 is 5.87. The zero-order valence-corrected chi connectivity index (χ0v) is 12.7. The van der Waals surface area contributed by atoms with Gasteiger partial charge in [-0.05, 0) is 42.7 Å². The molecule has 0 amide bonds. The van der Waals surface area contributed by atoms with Crippen LogP contribution in [0.25, 0.3) is 0 Å². The van der Waals surface area contributed by atoms with E-state index >= 15 is 0 Å². The van der Waals surface area contributed by atoms with E-state index in [-0.39, 0.29) is 0 Å². The van der Waals surface area contributed by atoms with Crippen molar-refractivity contribution in [3.05, 3.63) is 52.7 Å². The van der Waals surface area contributed by atoms with Crippen molar-refractivity contribution in [3.8, 4) is 11.6 Å². The van der Waals surface area contributed by atoms with Crippen molar-refractivity contribution >= 4 is 11.6 Å². The highest BCUT2D eigenvalue weighted by molar-refractivity contribution is 6.17. The molecule has 0 fully saturated rings. The minimum atomic E-state index is 0.429. The molecule has 106 valence electrons. The number of methoxy groups -OCH3 is 1. The van der Waals surface area contributed by atoms with E-state index in [9.17, 15) is 0 Å². The second kappa shape index (κ2) is 6.62.